The van der Waals surface area contributed by atoms with Gasteiger partial charge < -0.3 is 5.73 Å². The average Bonchev–Trinajstić information content (AvgIpc) is 2.20. The Morgan fingerprint density at radius 2 is 2.13 bits per heavy atom. The molecular weight excluding hydrogens is 208 g/mol. The number of nitrogen functional groups attached to an aromatic ring is 1. The normalized spacial score (nSPS) is 13.1. The molecule has 1 aromatic carbocycles. The number of nitrogens with two attached hydrogens (primary N) is 1. The summed E-state index contributed by atoms with van der Waals surface area (Å²) in [5, 5.41) is 0.755. The van der Waals surface area contributed by atoms with Crippen LogP contribution >= 0.6 is 11.6 Å². The summed E-state index contributed by atoms with van der Waals surface area (Å²) < 4.78 is 0. The summed E-state index contributed by atoms with van der Waals surface area (Å²) >= 11 is 6.11. The highest BCUT2D eigenvalue weighted by atomic mass is 35.5. The Labute approximate surface area is 97.0 Å². The molecule has 1 rings (SSSR count). The molecule has 0 aliphatic rings. The highest BCUT2D eigenvalue weighted by molar-refractivity contribution is 6.31. The molecule has 15 heavy (non-hydrogen) atoms. The van der Waals surface area contributed by atoms with E-state index in [0.29, 0.717) is 6.04 Å². The van der Waals surface area contributed by atoms with Crippen molar-refractivity contribution in [3.05, 3.63) is 28.8 Å². The lowest BCUT2D eigenvalue weighted by Gasteiger charge is -2.23. The van der Waals surface area contributed by atoms with Gasteiger partial charge >= 0.3 is 0 Å². The van der Waals surface area contributed by atoms with Gasteiger partial charge in [-0.05, 0) is 38.1 Å². The van der Waals surface area contributed by atoms with E-state index >= 15 is 0 Å². The quantitative estimate of drug-likeness (QED) is 0.800. The molecule has 1 unspecified atom stereocenters. The lowest BCUT2D eigenvalue weighted by atomic mass is 10.1. The van der Waals surface area contributed by atoms with Gasteiger partial charge in [-0.2, -0.15) is 0 Å². The topological polar surface area (TPSA) is 29.3 Å². The Bertz CT molecular complexity index is 325. The zero-order chi connectivity index (χ0) is 11.4. The van der Waals surface area contributed by atoms with Crippen LogP contribution in [0, 0.1) is 0 Å². The van der Waals surface area contributed by atoms with E-state index < -0.39 is 0 Å². The highest BCUT2D eigenvalue weighted by Crippen LogP contribution is 2.21. The van der Waals surface area contributed by atoms with Crippen molar-refractivity contribution >= 4 is 17.3 Å². The van der Waals surface area contributed by atoms with Crippen molar-refractivity contribution in [3.8, 4) is 0 Å². The van der Waals surface area contributed by atoms with Gasteiger partial charge in [0.1, 0.15) is 0 Å². The lowest BCUT2D eigenvalue weighted by Crippen LogP contribution is -2.27. The second kappa shape index (κ2) is 5.38. The summed E-state index contributed by atoms with van der Waals surface area (Å²) in [6.07, 6.45) is 1.14. The van der Waals surface area contributed by atoms with Crippen molar-refractivity contribution in [2.24, 2.45) is 0 Å². The highest BCUT2D eigenvalue weighted by Gasteiger charge is 2.09. The fourth-order valence-electron chi connectivity index (χ4n) is 1.43. The van der Waals surface area contributed by atoms with Gasteiger partial charge in [0.15, 0.2) is 0 Å². The van der Waals surface area contributed by atoms with Gasteiger partial charge in [-0.15, -0.1) is 0 Å². The number of hydrogen-bond acceptors (Lipinski definition) is 2. The summed E-state index contributed by atoms with van der Waals surface area (Å²) in [5.74, 6) is 0. The number of rotatable bonds is 4. The van der Waals surface area contributed by atoms with Crippen molar-refractivity contribution in [2.75, 3.05) is 12.8 Å². The summed E-state index contributed by atoms with van der Waals surface area (Å²) in [4.78, 5) is 2.29. The number of nitrogens with zero attached hydrogens (tertiary/aromatic N) is 1. The van der Waals surface area contributed by atoms with Crippen molar-refractivity contribution in [1.82, 2.24) is 4.90 Å². The van der Waals surface area contributed by atoms with E-state index in [2.05, 4.69) is 25.8 Å². The fraction of sp³-hybridized carbons (Fsp3) is 0.500. The smallest absolute Gasteiger partial charge is 0.0471 e. The van der Waals surface area contributed by atoms with E-state index in [1.54, 1.807) is 6.07 Å². The van der Waals surface area contributed by atoms with Crippen LogP contribution in [0.4, 0.5) is 5.69 Å². The molecule has 0 aliphatic heterocycles. The van der Waals surface area contributed by atoms with Crippen LogP contribution in [-0.2, 0) is 6.54 Å². The van der Waals surface area contributed by atoms with Crippen LogP contribution in [0.25, 0.3) is 0 Å². The Kier molecular flexibility index (Phi) is 4.43. The molecule has 1 aromatic rings. The Morgan fingerprint density at radius 3 is 2.67 bits per heavy atom. The largest absolute Gasteiger partial charge is 0.399 e. The third-order valence-electron chi connectivity index (χ3n) is 2.84. The van der Waals surface area contributed by atoms with Crippen LogP contribution in [0.5, 0.6) is 0 Å². The summed E-state index contributed by atoms with van der Waals surface area (Å²) in [5.41, 5.74) is 7.50. The lowest BCUT2D eigenvalue weighted by molar-refractivity contribution is 0.244. The molecule has 0 aromatic heterocycles. The molecule has 0 fully saturated rings. The third-order valence-corrected chi connectivity index (χ3v) is 3.19. The van der Waals surface area contributed by atoms with E-state index in [4.69, 9.17) is 17.3 Å². The molecule has 0 saturated heterocycles. The second-order valence-corrected chi connectivity index (χ2v) is 4.43. The first kappa shape index (κ1) is 12.3. The monoisotopic (exact) mass is 226 g/mol. The van der Waals surface area contributed by atoms with Gasteiger partial charge in [-0.25, -0.2) is 0 Å². The van der Waals surface area contributed by atoms with Gasteiger partial charge in [0, 0.05) is 23.3 Å². The van der Waals surface area contributed by atoms with E-state index in [9.17, 15) is 0 Å². The first-order valence-corrected chi connectivity index (χ1v) is 5.66. The number of halogens is 1. The fourth-order valence-corrected chi connectivity index (χ4v) is 1.68. The van der Waals surface area contributed by atoms with Crippen LogP contribution in [0.1, 0.15) is 25.8 Å². The maximum absolute atomic E-state index is 6.11. The molecule has 0 bridgehead atoms. The zero-order valence-corrected chi connectivity index (χ0v) is 10.4. The van der Waals surface area contributed by atoms with Crippen molar-refractivity contribution in [2.45, 2.75) is 32.9 Å². The van der Waals surface area contributed by atoms with Gasteiger partial charge in [-0.1, -0.05) is 24.6 Å². The standard InChI is InChI=1S/C12H19ClN2/c1-4-9(2)15(3)8-10-5-6-11(14)7-12(10)13/h5-7,9H,4,8,14H2,1-3H3. The van der Waals surface area contributed by atoms with E-state index in [-0.39, 0.29) is 0 Å². The molecule has 0 aliphatic carbocycles. The number of benzene rings is 1. The minimum atomic E-state index is 0.568. The average molecular weight is 227 g/mol. The molecule has 0 radical (unpaired) electrons. The first-order chi connectivity index (χ1) is 7.04. The van der Waals surface area contributed by atoms with Crippen molar-refractivity contribution in [1.29, 1.82) is 0 Å². The predicted molar refractivity (Wildman–Crippen MR) is 67.1 cm³/mol. The van der Waals surface area contributed by atoms with E-state index in [1.165, 1.54) is 0 Å². The molecule has 0 heterocycles. The van der Waals surface area contributed by atoms with E-state index in [0.717, 1.165) is 29.2 Å². The zero-order valence-electron chi connectivity index (χ0n) is 9.63. The molecule has 0 saturated carbocycles. The summed E-state index contributed by atoms with van der Waals surface area (Å²) in [6, 6.07) is 6.27. The van der Waals surface area contributed by atoms with E-state index in [1.807, 2.05) is 12.1 Å². The SMILES string of the molecule is CCC(C)N(C)Cc1ccc(N)cc1Cl. The van der Waals surface area contributed by atoms with Crippen LogP contribution in [0.3, 0.4) is 0 Å². The molecule has 1 atom stereocenters. The number of anilines is 1. The number of hydrogen-bond donors (Lipinski definition) is 1. The van der Waals surface area contributed by atoms with Crippen LogP contribution in [0.15, 0.2) is 18.2 Å². The maximum Gasteiger partial charge on any atom is 0.0471 e. The van der Waals surface area contributed by atoms with Gasteiger partial charge in [0.2, 0.25) is 0 Å². The van der Waals surface area contributed by atoms with Gasteiger partial charge in [-0.3, -0.25) is 4.90 Å². The van der Waals surface area contributed by atoms with Gasteiger partial charge in [0.25, 0.3) is 0 Å². The van der Waals surface area contributed by atoms with Gasteiger partial charge in [0.05, 0.1) is 0 Å². The summed E-state index contributed by atoms with van der Waals surface area (Å²) in [7, 11) is 2.11. The second-order valence-electron chi connectivity index (χ2n) is 4.02. The molecule has 84 valence electrons. The molecular formula is C12H19ClN2. The van der Waals surface area contributed by atoms with Crippen LogP contribution in [-0.4, -0.2) is 18.0 Å². The van der Waals surface area contributed by atoms with Crippen LogP contribution < -0.4 is 5.73 Å². The molecule has 0 amide bonds. The Hall–Kier alpha value is -0.730. The molecule has 0 spiro atoms. The molecule has 3 heteroatoms. The predicted octanol–water partition coefficient (Wildman–Crippen LogP) is 3.15. The maximum atomic E-state index is 6.11. The Morgan fingerprint density at radius 1 is 1.47 bits per heavy atom. The third kappa shape index (κ3) is 3.40. The first-order valence-electron chi connectivity index (χ1n) is 5.28. The van der Waals surface area contributed by atoms with Crippen LogP contribution in [0.2, 0.25) is 5.02 Å². The summed E-state index contributed by atoms with van der Waals surface area (Å²) in [6.45, 7) is 5.27. The molecule has 2 N–H and O–H groups in total. The molecule has 2 nitrogen and oxygen atoms in total. The minimum Gasteiger partial charge on any atom is -0.399 e. The minimum absolute atomic E-state index is 0.568. The van der Waals surface area contributed by atoms with Crippen molar-refractivity contribution < 1.29 is 0 Å². The Balaban J connectivity index is 2.72. The van der Waals surface area contributed by atoms with Crippen molar-refractivity contribution in [3.63, 3.8) is 0 Å².